The van der Waals surface area contributed by atoms with E-state index in [0.29, 0.717) is 5.89 Å². The molecule has 0 saturated heterocycles. The fourth-order valence-corrected chi connectivity index (χ4v) is 2.50. The van der Waals surface area contributed by atoms with Crippen molar-refractivity contribution in [1.29, 1.82) is 0 Å². The number of pyridine rings is 2. The predicted octanol–water partition coefficient (Wildman–Crippen LogP) is 3.18. The Morgan fingerprint density at radius 2 is 1.95 bits per heavy atom. The Hall–Kier alpha value is -2.75. The van der Waals surface area contributed by atoms with E-state index < -0.39 is 0 Å². The number of fused-ring (bicyclic) bond motifs is 2. The third-order valence-electron chi connectivity index (χ3n) is 3.60. The maximum absolute atomic E-state index is 5.86. The van der Waals surface area contributed by atoms with Gasteiger partial charge in [0.1, 0.15) is 0 Å². The molecule has 0 saturated carbocycles. The largest absolute Gasteiger partial charge is 0.411 e. The first-order chi connectivity index (χ1) is 10.2. The van der Waals surface area contributed by atoms with E-state index in [1.807, 2.05) is 55.1 Å². The summed E-state index contributed by atoms with van der Waals surface area (Å²) >= 11 is 0. The quantitative estimate of drug-likeness (QED) is 0.501. The summed E-state index contributed by atoms with van der Waals surface area (Å²) in [6, 6.07) is 14.0. The minimum Gasteiger partial charge on any atom is -0.411 e. The van der Waals surface area contributed by atoms with Crippen LogP contribution in [0.5, 0.6) is 0 Å². The lowest BCUT2D eigenvalue weighted by atomic mass is 10.1. The molecule has 4 heteroatoms. The number of hydrogen-bond donors (Lipinski definition) is 0. The van der Waals surface area contributed by atoms with Gasteiger partial charge in [0.05, 0.1) is 24.3 Å². The molecule has 0 amide bonds. The molecule has 4 rings (SSSR count). The second-order valence-corrected chi connectivity index (χ2v) is 5.19. The number of hydrogen-bond acceptors (Lipinski definition) is 3. The molecule has 0 unspecified atom stereocenters. The van der Waals surface area contributed by atoms with Crippen LogP contribution in [-0.2, 0) is 7.05 Å². The highest BCUT2D eigenvalue weighted by Crippen LogP contribution is 2.25. The number of aryl methyl sites for hydroxylation is 2. The van der Waals surface area contributed by atoms with Crippen molar-refractivity contribution in [3.05, 3.63) is 54.4 Å². The van der Waals surface area contributed by atoms with Crippen LogP contribution in [0.4, 0.5) is 0 Å². The van der Waals surface area contributed by atoms with Gasteiger partial charge in [0, 0.05) is 16.1 Å². The Balaban J connectivity index is 1.91. The first kappa shape index (κ1) is 12.0. The summed E-state index contributed by atoms with van der Waals surface area (Å²) in [6.07, 6.45) is 1.96. The molecule has 0 atom stereocenters. The third kappa shape index (κ3) is 1.96. The second-order valence-electron chi connectivity index (χ2n) is 5.19. The molecule has 3 aromatic heterocycles. The van der Waals surface area contributed by atoms with Crippen molar-refractivity contribution in [3.8, 4) is 11.5 Å². The molecule has 21 heavy (non-hydrogen) atoms. The zero-order valence-corrected chi connectivity index (χ0v) is 11.9. The van der Waals surface area contributed by atoms with Crippen molar-refractivity contribution in [2.24, 2.45) is 7.05 Å². The smallest absolute Gasteiger partial charge is 0.370 e. The molecule has 0 aliphatic rings. The summed E-state index contributed by atoms with van der Waals surface area (Å²) in [7, 11) is 1.96. The van der Waals surface area contributed by atoms with Gasteiger partial charge in [0.15, 0.2) is 0 Å². The van der Waals surface area contributed by atoms with Gasteiger partial charge in [-0.25, -0.2) is 4.57 Å². The van der Waals surface area contributed by atoms with E-state index in [9.17, 15) is 0 Å². The average Bonchev–Trinajstić information content (AvgIpc) is 2.92. The molecule has 0 radical (unpaired) electrons. The van der Waals surface area contributed by atoms with E-state index in [2.05, 4.69) is 22.1 Å². The van der Waals surface area contributed by atoms with E-state index in [4.69, 9.17) is 4.42 Å². The molecule has 0 spiro atoms. The number of aromatic nitrogens is 3. The summed E-state index contributed by atoms with van der Waals surface area (Å²) in [5.41, 5.74) is 4.60. The maximum atomic E-state index is 5.86. The van der Waals surface area contributed by atoms with E-state index in [1.54, 1.807) is 0 Å². The van der Waals surface area contributed by atoms with Crippen LogP contribution in [0.25, 0.3) is 33.6 Å². The number of benzene rings is 1. The van der Waals surface area contributed by atoms with Gasteiger partial charge in [0.25, 0.3) is 0 Å². The predicted molar refractivity (Wildman–Crippen MR) is 80.7 cm³/mol. The lowest BCUT2D eigenvalue weighted by Gasteiger charge is -1.99. The summed E-state index contributed by atoms with van der Waals surface area (Å²) in [5.74, 6) is 0.634. The van der Waals surface area contributed by atoms with Crippen LogP contribution in [0.2, 0.25) is 0 Å². The zero-order chi connectivity index (χ0) is 14.4. The lowest BCUT2D eigenvalue weighted by Crippen LogP contribution is -2.27. The fraction of sp³-hybridized carbons (Fsp3) is 0.118. The molecule has 0 aliphatic carbocycles. The van der Waals surface area contributed by atoms with Crippen LogP contribution in [0.15, 0.2) is 53.1 Å². The van der Waals surface area contributed by atoms with Crippen LogP contribution < -0.4 is 4.57 Å². The molecule has 3 heterocycles. The van der Waals surface area contributed by atoms with Gasteiger partial charge >= 0.3 is 11.5 Å². The van der Waals surface area contributed by atoms with Crippen molar-refractivity contribution in [3.63, 3.8) is 0 Å². The summed E-state index contributed by atoms with van der Waals surface area (Å²) in [4.78, 5) is 9.09. The highest BCUT2D eigenvalue weighted by atomic mass is 16.3. The number of nitrogens with zero attached hydrogens (tertiary/aromatic N) is 3. The molecule has 0 fully saturated rings. The van der Waals surface area contributed by atoms with Crippen molar-refractivity contribution < 1.29 is 8.98 Å². The summed E-state index contributed by atoms with van der Waals surface area (Å²) in [5, 5.41) is 1.09. The average molecular weight is 276 g/mol. The SMILES string of the molecule is Cc1ccc2cc(-c3nc4c(ccc[n+]4C)o3)ccc2n1. The summed E-state index contributed by atoms with van der Waals surface area (Å²) < 4.78 is 7.81. The van der Waals surface area contributed by atoms with Gasteiger partial charge in [-0.2, -0.15) is 0 Å². The van der Waals surface area contributed by atoms with Crippen molar-refractivity contribution in [2.45, 2.75) is 6.92 Å². The Labute approximate surface area is 121 Å². The molecule has 0 aliphatic heterocycles. The Morgan fingerprint density at radius 1 is 1.05 bits per heavy atom. The second kappa shape index (κ2) is 4.38. The van der Waals surface area contributed by atoms with Crippen LogP contribution in [0.3, 0.4) is 0 Å². The van der Waals surface area contributed by atoms with Crippen LogP contribution in [0, 0.1) is 6.92 Å². The van der Waals surface area contributed by atoms with Gasteiger partial charge < -0.3 is 4.42 Å². The molecule has 4 aromatic rings. The Morgan fingerprint density at radius 3 is 2.81 bits per heavy atom. The zero-order valence-electron chi connectivity index (χ0n) is 11.9. The number of oxazole rings is 1. The van der Waals surface area contributed by atoms with Crippen LogP contribution in [-0.4, -0.2) is 9.97 Å². The fourth-order valence-electron chi connectivity index (χ4n) is 2.50. The first-order valence-electron chi connectivity index (χ1n) is 6.84. The standard InChI is InChI=1S/C17H14N3O/c1-11-5-6-12-10-13(7-8-14(12)18-11)17-19-16-15(21-17)4-3-9-20(16)2/h3-10H,1-2H3/q+1. The maximum Gasteiger partial charge on any atom is 0.370 e. The topological polar surface area (TPSA) is 42.8 Å². The molecule has 0 N–H and O–H groups in total. The van der Waals surface area contributed by atoms with Crippen LogP contribution >= 0.6 is 0 Å². The monoisotopic (exact) mass is 276 g/mol. The highest BCUT2D eigenvalue weighted by molar-refractivity contribution is 5.84. The number of rotatable bonds is 1. The molecule has 0 bridgehead atoms. The molecule has 1 aromatic carbocycles. The van der Waals surface area contributed by atoms with E-state index in [0.717, 1.165) is 33.4 Å². The van der Waals surface area contributed by atoms with E-state index in [-0.39, 0.29) is 0 Å². The van der Waals surface area contributed by atoms with Gasteiger partial charge in [-0.15, -0.1) is 0 Å². The van der Waals surface area contributed by atoms with E-state index >= 15 is 0 Å². The van der Waals surface area contributed by atoms with Crippen molar-refractivity contribution >= 4 is 22.1 Å². The summed E-state index contributed by atoms with van der Waals surface area (Å²) in [6.45, 7) is 1.99. The first-order valence-corrected chi connectivity index (χ1v) is 6.84. The van der Waals surface area contributed by atoms with E-state index in [1.165, 1.54) is 0 Å². The minimum absolute atomic E-state index is 0.634. The third-order valence-corrected chi connectivity index (χ3v) is 3.60. The normalized spacial score (nSPS) is 11.3. The molecule has 102 valence electrons. The highest BCUT2D eigenvalue weighted by Gasteiger charge is 2.18. The molecule has 4 nitrogen and oxygen atoms in total. The van der Waals surface area contributed by atoms with Crippen LogP contribution in [0.1, 0.15) is 5.69 Å². The molecular formula is C17H14N3O+. The van der Waals surface area contributed by atoms with Crippen molar-refractivity contribution in [2.75, 3.05) is 0 Å². The Kier molecular flexibility index (Phi) is 2.51. The van der Waals surface area contributed by atoms with Gasteiger partial charge in [0.2, 0.25) is 5.58 Å². The van der Waals surface area contributed by atoms with Gasteiger partial charge in [-0.1, -0.05) is 6.07 Å². The van der Waals surface area contributed by atoms with Gasteiger partial charge in [-0.3, -0.25) is 4.98 Å². The lowest BCUT2D eigenvalue weighted by molar-refractivity contribution is -0.646. The molecular weight excluding hydrogens is 262 g/mol. The Bertz CT molecular complexity index is 972. The van der Waals surface area contributed by atoms with Crippen molar-refractivity contribution in [1.82, 2.24) is 9.97 Å². The minimum atomic E-state index is 0.634. The van der Waals surface area contributed by atoms with Gasteiger partial charge in [-0.05, 0) is 43.3 Å².